The lowest BCUT2D eigenvalue weighted by atomic mass is 10.0. The predicted molar refractivity (Wildman–Crippen MR) is 86.7 cm³/mol. The molecule has 1 aromatic carbocycles. The van der Waals surface area contributed by atoms with Gasteiger partial charge in [-0.3, -0.25) is 0 Å². The van der Waals surface area contributed by atoms with E-state index in [1.165, 1.54) is 0 Å². The van der Waals surface area contributed by atoms with Crippen molar-refractivity contribution in [3.05, 3.63) is 35.7 Å². The van der Waals surface area contributed by atoms with Gasteiger partial charge in [0.15, 0.2) is 5.11 Å². The summed E-state index contributed by atoms with van der Waals surface area (Å²) in [5.41, 5.74) is 7.65. The van der Waals surface area contributed by atoms with Crippen molar-refractivity contribution in [3.63, 3.8) is 0 Å². The number of fused-ring (bicyclic) bond motifs is 1. The van der Waals surface area contributed by atoms with Crippen molar-refractivity contribution in [2.45, 2.75) is 18.9 Å². The van der Waals surface area contributed by atoms with Gasteiger partial charge in [0.25, 0.3) is 0 Å². The quantitative estimate of drug-likeness (QED) is 0.824. The summed E-state index contributed by atoms with van der Waals surface area (Å²) in [4.78, 5) is 2.02. The first-order valence-corrected chi connectivity index (χ1v) is 6.97. The molecule has 0 aromatic heterocycles. The molecule has 0 spiro atoms. The maximum atomic E-state index is 9.59. The van der Waals surface area contributed by atoms with E-state index in [1.54, 1.807) is 24.4 Å². The molecule has 2 aliphatic heterocycles. The Balaban J connectivity index is 0.00000161. The lowest BCUT2D eigenvalue weighted by Gasteiger charge is -2.34. The molecule has 0 fully saturated rings. The molecule has 21 heavy (non-hydrogen) atoms. The number of phenols is 1. The zero-order valence-electron chi connectivity index (χ0n) is 11.4. The zero-order chi connectivity index (χ0) is 14.1. The topological polar surface area (TPSA) is 72.8 Å². The summed E-state index contributed by atoms with van der Waals surface area (Å²) in [7, 11) is 0. The second-order valence-electron chi connectivity index (χ2n) is 4.90. The molecule has 3 N–H and O–H groups in total. The van der Waals surface area contributed by atoms with Gasteiger partial charge in [-0.15, -0.1) is 12.4 Å². The Labute approximate surface area is 135 Å². The van der Waals surface area contributed by atoms with E-state index in [4.69, 9.17) is 22.7 Å². The highest BCUT2D eigenvalue weighted by Crippen LogP contribution is 2.32. The Hall–Kier alpha value is -1.50. The van der Waals surface area contributed by atoms with Gasteiger partial charge in [-0.25, -0.2) is 5.32 Å². The first-order valence-electron chi connectivity index (χ1n) is 6.57. The van der Waals surface area contributed by atoms with Gasteiger partial charge in [0, 0.05) is 24.7 Å². The highest BCUT2D eigenvalue weighted by Gasteiger charge is 2.32. The standard InChI is InChI=1S/C14H16N3O2S.ClH/c15-4-3-10-7-16-14(20)17(10)11-5-9-6-12(18)1-2-13(9)19-8-11;/h1-2,6-7,11,18H,3-5,8,15H2;1H/t11-;/m1./s1. The van der Waals surface area contributed by atoms with Crippen LogP contribution < -0.4 is 15.8 Å². The van der Waals surface area contributed by atoms with E-state index in [9.17, 15) is 5.11 Å². The van der Waals surface area contributed by atoms with E-state index < -0.39 is 0 Å². The summed E-state index contributed by atoms with van der Waals surface area (Å²) < 4.78 is 5.77. The number of nitrogens with two attached hydrogens (primary N) is 1. The van der Waals surface area contributed by atoms with Crippen LogP contribution in [0.5, 0.6) is 11.5 Å². The third kappa shape index (κ3) is 3.07. The Morgan fingerprint density at radius 2 is 2.29 bits per heavy atom. The Kier molecular flexibility index (Phi) is 4.92. The van der Waals surface area contributed by atoms with Crippen LogP contribution in [0.4, 0.5) is 0 Å². The average molecular weight is 327 g/mol. The highest BCUT2D eigenvalue weighted by molar-refractivity contribution is 7.80. The van der Waals surface area contributed by atoms with Crippen LogP contribution in [0, 0.1) is 0 Å². The van der Waals surface area contributed by atoms with Crippen LogP contribution in [0.25, 0.3) is 0 Å². The van der Waals surface area contributed by atoms with Gasteiger partial charge in [-0.2, -0.15) is 0 Å². The molecule has 5 nitrogen and oxygen atoms in total. The maximum Gasteiger partial charge on any atom is 0.200 e. The SMILES string of the molecule is Cl.NCCC1=C[N]C(=S)N1[C@H]1COc2ccc(O)cc2C1. The molecule has 0 amide bonds. The van der Waals surface area contributed by atoms with Gasteiger partial charge < -0.3 is 20.5 Å². The van der Waals surface area contributed by atoms with Crippen molar-refractivity contribution in [2.24, 2.45) is 5.73 Å². The summed E-state index contributed by atoms with van der Waals surface area (Å²) in [6.07, 6.45) is 3.29. The summed E-state index contributed by atoms with van der Waals surface area (Å²) in [6, 6.07) is 5.27. The molecule has 3 rings (SSSR count). The minimum absolute atomic E-state index is 0. The minimum Gasteiger partial charge on any atom is -0.508 e. The van der Waals surface area contributed by atoms with Crippen LogP contribution in [0.15, 0.2) is 30.1 Å². The second-order valence-corrected chi connectivity index (χ2v) is 5.27. The number of aromatic hydroxyl groups is 1. The fraction of sp³-hybridized carbons (Fsp3) is 0.357. The Morgan fingerprint density at radius 1 is 1.48 bits per heavy atom. The number of hydrogen-bond donors (Lipinski definition) is 2. The van der Waals surface area contributed by atoms with Crippen molar-refractivity contribution in [2.75, 3.05) is 13.2 Å². The van der Waals surface area contributed by atoms with Crippen LogP contribution in [-0.2, 0) is 6.42 Å². The molecule has 7 heteroatoms. The number of hydrogen-bond acceptors (Lipinski definition) is 4. The van der Waals surface area contributed by atoms with E-state index in [2.05, 4.69) is 5.32 Å². The van der Waals surface area contributed by atoms with Gasteiger partial charge in [-0.05, 0) is 42.5 Å². The molecule has 2 aliphatic rings. The number of nitrogens with zero attached hydrogens (tertiary/aromatic N) is 2. The molecular formula is C14H17ClN3O2S. The fourth-order valence-electron chi connectivity index (χ4n) is 2.63. The second kappa shape index (κ2) is 6.51. The number of phenolic OH excluding ortho intramolecular Hbond substituents is 1. The molecular weight excluding hydrogens is 310 g/mol. The average Bonchev–Trinajstić information content (AvgIpc) is 2.79. The first-order chi connectivity index (χ1) is 9.69. The predicted octanol–water partition coefficient (Wildman–Crippen LogP) is 1.51. The van der Waals surface area contributed by atoms with Gasteiger partial charge in [0.1, 0.15) is 18.1 Å². The largest absolute Gasteiger partial charge is 0.508 e. The maximum absolute atomic E-state index is 9.59. The number of benzene rings is 1. The van der Waals surface area contributed by atoms with Crippen LogP contribution in [0.1, 0.15) is 12.0 Å². The van der Waals surface area contributed by atoms with Crippen LogP contribution in [-0.4, -0.2) is 34.3 Å². The zero-order valence-corrected chi connectivity index (χ0v) is 13.0. The van der Waals surface area contributed by atoms with Crippen LogP contribution in [0.2, 0.25) is 0 Å². The molecule has 1 atom stereocenters. The normalized spacial score (nSPS) is 20.0. The summed E-state index contributed by atoms with van der Waals surface area (Å²) in [6.45, 7) is 1.11. The third-order valence-corrected chi connectivity index (χ3v) is 3.84. The van der Waals surface area contributed by atoms with Gasteiger partial charge in [0.2, 0.25) is 0 Å². The molecule has 0 saturated carbocycles. The summed E-state index contributed by atoms with van der Waals surface area (Å²) in [5.74, 6) is 1.07. The van der Waals surface area contributed by atoms with Crippen molar-refractivity contribution < 1.29 is 9.84 Å². The number of halogens is 1. The van der Waals surface area contributed by atoms with Crippen molar-refractivity contribution in [1.82, 2.24) is 10.2 Å². The molecule has 0 saturated heterocycles. The van der Waals surface area contributed by atoms with Gasteiger partial charge >= 0.3 is 0 Å². The molecule has 1 aromatic rings. The van der Waals surface area contributed by atoms with E-state index in [0.717, 1.165) is 29.9 Å². The van der Waals surface area contributed by atoms with Crippen molar-refractivity contribution >= 4 is 29.7 Å². The minimum atomic E-state index is 0. The molecule has 0 bridgehead atoms. The van der Waals surface area contributed by atoms with Crippen LogP contribution >= 0.6 is 24.6 Å². The van der Waals surface area contributed by atoms with Crippen molar-refractivity contribution in [1.29, 1.82) is 0 Å². The summed E-state index contributed by atoms with van der Waals surface area (Å²) >= 11 is 5.30. The molecule has 113 valence electrons. The van der Waals surface area contributed by atoms with Gasteiger partial charge in [-0.1, -0.05) is 0 Å². The number of rotatable bonds is 3. The summed E-state index contributed by atoms with van der Waals surface area (Å²) in [5, 5.41) is 14.3. The Bertz CT molecular complexity index is 579. The lowest BCUT2D eigenvalue weighted by Crippen LogP contribution is -2.44. The lowest BCUT2D eigenvalue weighted by molar-refractivity contribution is 0.196. The molecule has 2 heterocycles. The highest BCUT2D eigenvalue weighted by atomic mass is 35.5. The van der Waals surface area contributed by atoms with E-state index >= 15 is 0 Å². The van der Waals surface area contributed by atoms with Crippen molar-refractivity contribution in [3.8, 4) is 11.5 Å². The smallest absolute Gasteiger partial charge is 0.200 e. The first kappa shape index (κ1) is 15.9. The molecule has 0 unspecified atom stereocenters. The third-order valence-electron chi connectivity index (χ3n) is 3.54. The number of ether oxygens (including phenoxy) is 1. The van der Waals surface area contributed by atoms with E-state index in [-0.39, 0.29) is 24.2 Å². The van der Waals surface area contributed by atoms with Gasteiger partial charge in [0.05, 0.1) is 6.04 Å². The number of thiocarbonyl (C=S) groups is 1. The fourth-order valence-corrected chi connectivity index (χ4v) is 2.95. The van der Waals surface area contributed by atoms with E-state index in [1.807, 2.05) is 4.90 Å². The van der Waals surface area contributed by atoms with E-state index in [0.29, 0.717) is 18.3 Å². The van der Waals surface area contributed by atoms with Crippen LogP contribution in [0.3, 0.4) is 0 Å². The molecule has 1 radical (unpaired) electrons. The Morgan fingerprint density at radius 3 is 3.05 bits per heavy atom. The molecule has 0 aliphatic carbocycles. The monoisotopic (exact) mass is 326 g/mol.